The largest absolute Gasteiger partial charge is 0.325 e. The van der Waals surface area contributed by atoms with Crippen molar-refractivity contribution in [3.8, 4) is 0 Å². The molecular formula is C20H20N4O4S. The molecule has 2 N–H and O–H groups in total. The maximum atomic E-state index is 12.4. The molecule has 3 aromatic rings. The third kappa shape index (κ3) is 5.37. The zero-order chi connectivity index (χ0) is 20.9. The van der Waals surface area contributed by atoms with E-state index in [0.717, 1.165) is 0 Å². The lowest BCUT2D eigenvalue weighted by Crippen LogP contribution is -2.28. The van der Waals surface area contributed by atoms with E-state index in [0.29, 0.717) is 22.3 Å². The molecule has 0 saturated heterocycles. The van der Waals surface area contributed by atoms with Gasteiger partial charge < -0.3 is 5.32 Å². The van der Waals surface area contributed by atoms with Gasteiger partial charge in [-0.05, 0) is 29.8 Å². The molecule has 150 valence electrons. The van der Waals surface area contributed by atoms with Crippen LogP contribution in [0.5, 0.6) is 0 Å². The number of anilines is 1. The van der Waals surface area contributed by atoms with Gasteiger partial charge in [-0.1, -0.05) is 30.3 Å². The molecule has 0 radical (unpaired) electrons. The second-order valence-corrected chi connectivity index (χ2v) is 8.12. The maximum Gasteiger partial charge on any atom is 0.269 e. The number of benzene rings is 2. The Hall–Kier alpha value is -3.30. The van der Waals surface area contributed by atoms with E-state index in [4.69, 9.17) is 0 Å². The number of hydrogen-bond acceptors (Lipinski definition) is 5. The molecule has 0 bridgehead atoms. The van der Waals surface area contributed by atoms with Crippen molar-refractivity contribution in [2.24, 2.45) is 0 Å². The van der Waals surface area contributed by atoms with E-state index in [1.807, 2.05) is 0 Å². The maximum absolute atomic E-state index is 12.4. The predicted octanol–water partition coefficient (Wildman–Crippen LogP) is 1.64. The summed E-state index contributed by atoms with van der Waals surface area (Å²) in [5, 5.41) is 2.71. The van der Waals surface area contributed by atoms with E-state index in [1.165, 1.54) is 16.8 Å². The van der Waals surface area contributed by atoms with Crippen molar-refractivity contribution in [1.82, 2.24) is 14.3 Å². The van der Waals surface area contributed by atoms with Crippen LogP contribution in [0.15, 0.2) is 72.2 Å². The normalized spacial score (nSPS) is 11.3. The Balaban J connectivity index is 1.68. The van der Waals surface area contributed by atoms with Gasteiger partial charge in [-0.15, -0.1) is 6.58 Å². The highest BCUT2D eigenvalue weighted by Crippen LogP contribution is 2.13. The summed E-state index contributed by atoms with van der Waals surface area (Å²) >= 11 is 0. The first-order valence-electron chi connectivity index (χ1n) is 8.79. The van der Waals surface area contributed by atoms with Gasteiger partial charge in [-0.25, -0.2) is 18.1 Å². The Bertz CT molecular complexity index is 1200. The van der Waals surface area contributed by atoms with E-state index in [1.54, 1.807) is 48.5 Å². The SMILES string of the molecule is C=CCNS(=O)(=O)Cc1ccc(NC(=O)Cn2c(=O)cnc3ccccc32)cc1. The van der Waals surface area contributed by atoms with Gasteiger partial charge in [0, 0.05) is 12.2 Å². The molecule has 0 unspecified atom stereocenters. The third-order valence-electron chi connectivity index (χ3n) is 4.10. The molecule has 0 saturated carbocycles. The molecule has 1 heterocycles. The van der Waals surface area contributed by atoms with Crippen molar-refractivity contribution in [3.63, 3.8) is 0 Å². The minimum atomic E-state index is -3.45. The first-order chi connectivity index (χ1) is 13.9. The van der Waals surface area contributed by atoms with Crippen molar-refractivity contribution in [3.05, 3.63) is 83.3 Å². The minimum Gasteiger partial charge on any atom is -0.325 e. The molecule has 0 spiro atoms. The molecular weight excluding hydrogens is 392 g/mol. The molecule has 1 amide bonds. The van der Waals surface area contributed by atoms with Crippen LogP contribution in [-0.4, -0.2) is 30.4 Å². The molecule has 2 aromatic carbocycles. The summed E-state index contributed by atoms with van der Waals surface area (Å²) in [6, 6.07) is 13.5. The van der Waals surface area contributed by atoms with Gasteiger partial charge >= 0.3 is 0 Å². The standard InChI is InChI=1S/C20H20N4O4S/c1-2-11-22-29(27,28)14-15-7-9-16(10-8-15)23-19(25)13-24-18-6-4-3-5-17(18)21-12-20(24)26/h2-10,12,22H,1,11,13-14H2,(H,23,25). The molecule has 29 heavy (non-hydrogen) atoms. The smallest absolute Gasteiger partial charge is 0.269 e. The highest BCUT2D eigenvalue weighted by atomic mass is 32.2. The first-order valence-corrected chi connectivity index (χ1v) is 10.4. The van der Waals surface area contributed by atoms with Gasteiger partial charge in [0.05, 0.1) is 23.0 Å². The number of sulfonamides is 1. The second-order valence-electron chi connectivity index (χ2n) is 6.31. The van der Waals surface area contributed by atoms with Crippen LogP contribution in [0.25, 0.3) is 11.0 Å². The van der Waals surface area contributed by atoms with Gasteiger partial charge in [0.15, 0.2) is 0 Å². The highest BCUT2D eigenvalue weighted by Gasteiger charge is 2.12. The van der Waals surface area contributed by atoms with Gasteiger partial charge in [-0.3, -0.25) is 14.2 Å². The number of carbonyl (C=O) groups excluding carboxylic acids is 1. The van der Waals surface area contributed by atoms with E-state index < -0.39 is 10.0 Å². The van der Waals surface area contributed by atoms with Crippen molar-refractivity contribution in [2.45, 2.75) is 12.3 Å². The molecule has 1 aromatic heterocycles. The molecule has 9 heteroatoms. The second kappa shape index (κ2) is 8.80. The van der Waals surface area contributed by atoms with Crippen LogP contribution in [0.3, 0.4) is 0 Å². The predicted molar refractivity (Wildman–Crippen MR) is 112 cm³/mol. The summed E-state index contributed by atoms with van der Waals surface area (Å²) in [4.78, 5) is 28.6. The fourth-order valence-corrected chi connectivity index (χ4v) is 3.87. The number of fused-ring (bicyclic) bond motifs is 1. The van der Waals surface area contributed by atoms with Crippen LogP contribution in [0, 0.1) is 0 Å². The molecule has 0 aliphatic rings. The lowest BCUT2D eigenvalue weighted by Gasteiger charge is -2.10. The average molecular weight is 412 g/mol. The molecule has 0 fully saturated rings. The quantitative estimate of drug-likeness (QED) is 0.547. The summed E-state index contributed by atoms with van der Waals surface area (Å²) in [6.07, 6.45) is 2.65. The van der Waals surface area contributed by atoms with Crippen molar-refractivity contribution in [2.75, 3.05) is 11.9 Å². The van der Waals surface area contributed by atoms with Crippen molar-refractivity contribution >= 4 is 32.7 Å². The van der Waals surface area contributed by atoms with Gasteiger partial charge in [0.25, 0.3) is 5.56 Å². The number of hydrogen-bond donors (Lipinski definition) is 2. The van der Waals surface area contributed by atoms with Crippen LogP contribution in [0.2, 0.25) is 0 Å². The average Bonchev–Trinajstić information content (AvgIpc) is 2.70. The molecule has 8 nitrogen and oxygen atoms in total. The highest BCUT2D eigenvalue weighted by molar-refractivity contribution is 7.88. The van der Waals surface area contributed by atoms with Crippen LogP contribution in [0.4, 0.5) is 5.69 Å². The number of aromatic nitrogens is 2. The third-order valence-corrected chi connectivity index (χ3v) is 5.42. The van der Waals surface area contributed by atoms with Gasteiger partial charge in [-0.2, -0.15) is 0 Å². The Morgan fingerprint density at radius 2 is 1.86 bits per heavy atom. The lowest BCUT2D eigenvalue weighted by molar-refractivity contribution is -0.116. The van der Waals surface area contributed by atoms with Crippen LogP contribution in [-0.2, 0) is 27.1 Å². The molecule has 0 aliphatic heterocycles. The fourth-order valence-electron chi connectivity index (χ4n) is 2.76. The molecule has 0 aliphatic carbocycles. The molecule has 3 rings (SSSR count). The fraction of sp³-hybridized carbons (Fsp3) is 0.150. The summed E-state index contributed by atoms with van der Waals surface area (Å²) in [5.74, 6) is -0.551. The summed E-state index contributed by atoms with van der Waals surface area (Å²) < 4.78 is 27.5. The number of rotatable bonds is 8. The zero-order valence-electron chi connectivity index (χ0n) is 15.5. The van der Waals surface area contributed by atoms with Crippen molar-refractivity contribution < 1.29 is 13.2 Å². The van der Waals surface area contributed by atoms with E-state index in [-0.39, 0.29) is 30.3 Å². The molecule has 0 atom stereocenters. The summed E-state index contributed by atoms with van der Waals surface area (Å²) in [7, 11) is -3.45. The minimum absolute atomic E-state index is 0.163. The monoisotopic (exact) mass is 412 g/mol. The van der Waals surface area contributed by atoms with Gasteiger partial charge in [0.2, 0.25) is 15.9 Å². The van der Waals surface area contributed by atoms with Gasteiger partial charge in [0.1, 0.15) is 6.54 Å². The van der Waals surface area contributed by atoms with Crippen LogP contribution >= 0.6 is 0 Å². The number of nitrogens with zero attached hydrogens (tertiary/aromatic N) is 2. The van der Waals surface area contributed by atoms with E-state index in [2.05, 4.69) is 21.6 Å². The summed E-state index contributed by atoms with van der Waals surface area (Å²) in [5.41, 5.74) is 1.90. The first kappa shape index (κ1) is 20.4. The van der Waals surface area contributed by atoms with E-state index in [9.17, 15) is 18.0 Å². The summed E-state index contributed by atoms with van der Waals surface area (Å²) in [6.45, 7) is 3.47. The zero-order valence-corrected chi connectivity index (χ0v) is 16.4. The number of amides is 1. The van der Waals surface area contributed by atoms with Crippen LogP contribution < -0.4 is 15.6 Å². The number of para-hydroxylation sites is 2. The topological polar surface area (TPSA) is 110 Å². The Labute approximate surface area is 168 Å². The lowest BCUT2D eigenvalue weighted by atomic mass is 10.2. The number of carbonyl (C=O) groups is 1. The van der Waals surface area contributed by atoms with E-state index >= 15 is 0 Å². The van der Waals surface area contributed by atoms with Crippen molar-refractivity contribution in [1.29, 1.82) is 0 Å². The Morgan fingerprint density at radius 3 is 2.59 bits per heavy atom. The number of nitrogens with one attached hydrogen (secondary N) is 2. The Kier molecular flexibility index (Phi) is 6.20. The Morgan fingerprint density at radius 1 is 1.14 bits per heavy atom. The van der Waals surface area contributed by atoms with Crippen LogP contribution in [0.1, 0.15) is 5.56 Å².